The van der Waals surface area contributed by atoms with Gasteiger partial charge in [0.25, 0.3) is 0 Å². The summed E-state index contributed by atoms with van der Waals surface area (Å²) in [5.74, 6) is 2.16. The van der Waals surface area contributed by atoms with Crippen LogP contribution in [0.4, 0.5) is 0 Å². The van der Waals surface area contributed by atoms with E-state index >= 15 is 0 Å². The van der Waals surface area contributed by atoms with Crippen LogP contribution in [0.15, 0.2) is 0 Å². The van der Waals surface area contributed by atoms with Crippen LogP contribution in [0.25, 0.3) is 0 Å². The zero-order valence-electron chi connectivity index (χ0n) is 8.47. The molecule has 0 spiro atoms. The first-order chi connectivity index (χ1) is 6.42. The van der Waals surface area contributed by atoms with Gasteiger partial charge in [0.05, 0.1) is 0 Å². The molecule has 3 atom stereocenters. The van der Waals surface area contributed by atoms with Crippen molar-refractivity contribution >= 4 is 0 Å². The second-order valence-electron chi connectivity index (χ2n) is 5.42. The molecule has 0 amide bonds. The third-order valence-electron chi connectivity index (χ3n) is 4.31. The maximum Gasteiger partial charge on any atom is 0.00979 e. The van der Waals surface area contributed by atoms with Crippen LogP contribution in [-0.4, -0.2) is 12.1 Å². The Hall–Kier alpha value is -0.0400. The van der Waals surface area contributed by atoms with Gasteiger partial charge in [0.15, 0.2) is 0 Å². The van der Waals surface area contributed by atoms with Gasteiger partial charge in [0.2, 0.25) is 0 Å². The van der Waals surface area contributed by atoms with Crippen LogP contribution >= 0.6 is 0 Å². The molecule has 13 heavy (non-hydrogen) atoms. The van der Waals surface area contributed by atoms with Crippen molar-refractivity contribution < 1.29 is 0 Å². The van der Waals surface area contributed by atoms with E-state index in [-0.39, 0.29) is 0 Å². The minimum Gasteiger partial charge on any atom is -0.311 e. The molecule has 1 N–H and O–H groups in total. The normalized spacial score (nSPS) is 44.8. The van der Waals surface area contributed by atoms with Crippen LogP contribution in [0.3, 0.4) is 0 Å². The second kappa shape index (κ2) is 3.27. The van der Waals surface area contributed by atoms with Gasteiger partial charge in [-0.25, -0.2) is 0 Å². The van der Waals surface area contributed by atoms with Crippen LogP contribution in [-0.2, 0) is 0 Å². The topological polar surface area (TPSA) is 12.0 Å². The van der Waals surface area contributed by atoms with E-state index in [1.807, 2.05) is 0 Å². The summed E-state index contributed by atoms with van der Waals surface area (Å²) < 4.78 is 0. The Labute approximate surface area is 81.3 Å². The molecule has 1 saturated heterocycles. The van der Waals surface area contributed by atoms with Crippen LogP contribution < -0.4 is 5.32 Å². The molecule has 1 aliphatic heterocycles. The van der Waals surface area contributed by atoms with Crippen LogP contribution in [0.2, 0.25) is 0 Å². The Bertz CT molecular complexity index is 186. The van der Waals surface area contributed by atoms with Gasteiger partial charge in [-0.2, -0.15) is 0 Å². The third kappa shape index (κ3) is 1.76. The fourth-order valence-corrected chi connectivity index (χ4v) is 3.34. The van der Waals surface area contributed by atoms with E-state index in [9.17, 15) is 0 Å². The Morgan fingerprint density at radius 3 is 2.69 bits per heavy atom. The van der Waals surface area contributed by atoms with Gasteiger partial charge in [-0.1, -0.05) is 19.3 Å². The maximum atomic E-state index is 3.89. The number of hydrogen-bond acceptors (Lipinski definition) is 1. The van der Waals surface area contributed by atoms with Crippen molar-refractivity contribution in [2.24, 2.45) is 11.8 Å². The van der Waals surface area contributed by atoms with E-state index in [1.54, 1.807) is 0 Å². The average Bonchev–Trinajstić information content (AvgIpc) is 2.83. The lowest BCUT2D eigenvalue weighted by atomic mass is 9.88. The van der Waals surface area contributed by atoms with Crippen molar-refractivity contribution in [3.63, 3.8) is 0 Å². The summed E-state index contributed by atoms with van der Waals surface area (Å²) in [4.78, 5) is 0. The Morgan fingerprint density at radius 2 is 1.85 bits per heavy atom. The molecule has 74 valence electrons. The second-order valence-corrected chi connectivity index (χ2v) is 5.42. The first-order valence-electron chi connectivity index (χ1n) is 6.18. The Balaban J connectivity index is 1.54. The number of fused-ring (bicyclic) bond motifs is 1. The molecule has 0 radical (unpaired) electrons. The number of nitrogens with one attached hydrogen (secondary N) is 1. The van der Waals surface area contributed by atoms with Crippen LogP contribution in [0.1, 0.15) is 51.4 Å². The summed E-state index contributed by atoms with van der Waals surface area (Å²) in [7, 11) is 0. The van der Waals surface area contributed by atoms with E-state index < -0.39 is 0 Å². The zero-order chi connectivity index (χ0) is 8.67. The average molecular weight is 179 g/mol. The lowest BCUT2D eigenvalue weighted by molar-refractivity contribution is 0.245. The quantitative estimate of drug-likeness (QED) is 0.687. The fourth-order valence-electron chi connectivity index (χ4n) is 3.34. The predicted molar refractivity (Wildman–Crippen MR) is 54.6 cm³/mol. The number of rotatable bonds is 2. The van der Waals surface area contributed by atoms with Crippen molar-refractivity contribution in [1.82, 2.24) is 5.32 Å². The molecule has 1 nitrogen and oxygen atoms in total. The highest BCUT2D eigenvalue weighted by molar-refractivity contribution is 4.92. The van der Waals surface area contributed by atoms with Crippen molar-refractivity contribution in [2.75, 3.05) is 0 Å². The molecule has 0 aromatic carbocycles. The number of hydrogen-bond donors (Lipinski definition) is 1. The highest BCUT2D eigenvalue weighted by Crippen LogP contribution is 2.39. The van der Waals surface area contributed by atoms with Crippen molar-refractivity contribution in [1.29, 1.82) is 0 Å². The molecule has 2 saturated carbocycles. The maximum absolute atomic E-state index is 3.89. The van der Waals surface area contributed by atoms with Gasteiger partial charge < -0.3 is 5.32 Å². The van der Waals surface area contributed by atoms with Crippen molar-refractivity contribution in [2.45, 2.75) is 63.5 Å². The summed E-state index contributed by atoms with van der Waals surface area (Å²) in [6, 6.07) is 1.81. The van der Waals surface area contributed by atoms with Gasteiger partial charge in [-0.15, -0.1) is 0 Å². The van der Waals surface area contributed by atoms with Gasteiger partial charge in [0, 0.05) is 12.1 Å². The Kier molecular flexibility index (Phi) is 2.08. The standard InChI is InChI=1S/C12H21N/c1-2-10-6-7-11(8-9-4-5-9)13-12(10)3-1/h9-13H,1-8H2. The van der Waals surface area contributed by atoms with Crippen molar-refractivity contribution in [3.8, 4) is 0 Å². The van der Waals surface area contributed by atoms with E-state index in [1.165, 1.54) is 51.4 Å². The molecule has 1 heteroatoms. The highest BCUT2D eigenvalue weighted by Gasteiger charge is 2.35. The first-order valence-corrected chi connectivity index (χ1v) is 6.18. The smallest absolute Gasteiger partial charge is 0.00979 e. The SMILES string of the molecule is C1CC2CCC(CC3CC3)NC2C1. The summed E-state index contributed by atoms with van der Waals surface area (Å²) in [5.41, 5.74) is 0. The molecular formula is C12H21N. The zero-order valence-corrected chi connectivity index (χ0v) is 8.47. The van der Waals surface area contributed by atoms with Crippen molar-refractivity contribution in [3.05, 3.63) is 0 Å². The van der Waals surface area contributed by atoms with Gasteiger partial charge in [-0.05, 0) is 43.9 Å². The van der Waals surface area contributed by atoms with E-state index in [0.717, 1.165) is 23.9 Å². The largest absolute Gasteiger partial charge is 0.311 e. The van der Waals surface area contributed by atoms with E-state index in [0.29, 0.717) is 0 Å². The van der Waals surface area contributed by atoms with Crippen LogP contribution in [0, 0.1) is 11.8 Å². The lowest BCUT2D eigenvalue weighted by Gasteiger charge is -2.33. The summed E-state index contributed by atoms with van der Waals surface area (Å²) in [5, 5.41) is 3.89. The molecule has 3 unspecified atom stereocenters. The first kappa shape index (κ1) is 8.28. The molecule has 1 heterocycles. The van der Waals surface area contributed by atoms with Crippen LogP contribution in [0.5, 0.6) is 0 Å². The van der Waals surface area contributed by atoms with Gasteiger partial charge in [-0.3, -0.25) is 0 Å². The Morgan fingerprint density at radius 1 is 0.923 bits per heavy atom. The summed E-state index contributed by atoms with van der Waals surface area (Å²) in [6.07, 6.45) is 12.0. The molecule has 3 rings (SSSR count). The molecule has 0 aromatic rings. The predicted octanol–water partition coefficient (Wildman–Crippen LogP) is 2.71. The molecule has 2 aliphatic carbocycles. The molecular weight excluding hydrogens is 158 g/mol. The van der Waals surface area contributed by atoms with E-state index in [4.69, 9.17) is 0 Å². The lowest BCUT2D eigenvalue weighted by Crippen LogP contribution is -2.45. The minimum absolute atomic E-state index is 0.895. The molecule has 0 aromatic heterocycles. The van der Waals surface area contributed by atoms with E-state index in [2.05, 4.69) is 5.32 Å². The molecule has 0 bridgehead atoms. The fraction of sp³-hybridized carbons (Fsp3) is 1.00. The third-order valence-corrected chi connectivity index (χ3v) is 4.31. The molecule has 3 aliphatic rings. The highest BCUT2D eigenvalue weighted by atomic mass is 15.0. The van der Waals surface area contributed by atoms with Gasteiger partial charge in [0.1, 0.15) is 0 Å². The monoisotopic (exact) mass is 179 g/mol. The van der Waals surface area contributed by atoms with Gasteiger partial charge >= 0.3 is 0 Å². The summed E-state index contributed by atoms with van der Waals surface area (Å²) >= 11 is 0. The summed E-state index contributed by atoms with van der Waals surface area (Å²) in [6.45, 7) is 0. The minimum atomic E-state index is 0.895. The molecule has 3 fully saturated rings. The number of piperidine rings is 1.